The van der Waals surface area contributed by atoms with E-state index < -0.39 is 0 Å². The first-order valence-electron chi connectivity index (χ1n) is 6.49. The van der Waals surface area contributed by atoms with Crippen molar-refractivity contribution in [3.05, 3.63) is 29.8 Å². The molecule has 0 unspecified atom stereocenters. The fourth-order valence-electron chi connectivity index (χ4n) is 1.90. The first-order valence-corrected chi connectivity index (χ1v) is 7.37. The molecule has 106 valence electrons. The number of hydrogen-bond donors (Lipinski definition) is 1. The Morgan fingerprint density at radius 2 is 2.10 bits per heavy atom. The van der Waals surface area contributed by atoms with Gasteiger partial charge in [-0.2, -0.15) is 0 Å². The Kier molecular flexibility index (Phi) is 4.44. The Labute approximate surface area is 122 Å². The Hall–Kier alpha value is -1.82. The molecule has 6 heteroatoms. The molecule has 0 fully saturated rings. The van der Waals surface area contributed by atoms with Crippen molar-refractivity contribution in [2.75, 3.05) is 0 Å². The summed E-state index contributed by atoms with van der Waals surface area (Å²) in [4.78, 5) is 11.2. The van der Waals surface area contributed by atoms with Crippen molar-refractivity contribution in [2.45, 2.75) is 37.7 Å². The molecular formula is C14H18N4OS. The summed E-state index contributed by atoms with van der Waals surface area (Å²) in [6, 6.07) is 8.05. The van der Waals surface area contributed by atoms with Crippen LogP contribution in [0.3, 0.4) is 0 Å². The summed E-state index contributed by atoms with van der Waals surface area (Å²) in [5.41, 5.74) is 7.50. The highest BCUT2D eigenvalue weighted by Gasteiger charge is 2.18. The maximum Gasteiger partial charge on any atom is 0.230 e. The predicted octanol–water partition coefficient (Wildman–Crippen LogP) is 2.24. The number of aromatic nitrogens is 3. The zero-order valence-electron chi connectivity index (χ0n) is 11.8. The van der Waals surface area contributed by atoms with Gasteiger partial charge in [-0.1, -0.05) is 36.0 Å². The van der Waals surface area contributed by atoms with Crippen LogP contribution in [0.15, 0.2) is 29.4 Å². The normalized spacial score (nSPS) is 12.3. The van der Waals surface area contributed by atoms with E-state index in [4.69, 9.17) is 5.73 Å². The molecule has 1 aromatic carbocycles. The number of thioether (sulfide) groups is 1. The molecule has 0 radical (unpaired) electrons. The molecule has 0 saturated carbocycles. The Bertz CT molecular complexity index is 623. The number of hydrogen-bond acceptors (Lipinski definition) is 4. The molecule has 1 amide bonds. The molecule has 5 nitrogen and oxygen atoms in total. The van der Waals surface area contributed by atoms with Gasteiger partial charge in [0.25, 0.3) is 0 Å². The molecule has 0 aliphatic heterocycles. The van der Waals surface area contributed by atoms with E-state index in [1.54, 1.807) is 6.92 Å². The van der Waals surface area contributed by atoms with Crippen LogP contribution in [0, 0.1) is 6.92 Å². The molecule has 1 heterocycles. The lowest BCUT2D eigenvalue weighted by Crippen LogP contribution is -2.23. The van der Waals surface area contributed by atoms with E-state index in [-0.39, 0.29) is 11.2 Å². The highest BCUT2D eigenvalue weighted by Crippen LogP contribution is 2.28. The van der Waals surface area contributed by atoms with Crippen LogP contribution in [0.25, 0.3) is 11.4 Å². The monoisotopic (exact) mass is 290 g/mol. The van der Waals surface area contributed by atoms with Crippen molar-refractivity contribution in [3.63, 3.8) is 0 Å². The first kappa shape index (κ1) is 14.6. The van der Waals surface area contributed by atoms with Gasteiger partial charge in [-0.05, 0) is 26.3 Å². The minimum Gasteiger partial charge on any atom is -0.369 e. The number of primary amides is 1. The first-order chi connectivity index (χ1) is 9.54. The van der Waals surface area contributed by atoms with Crippen molar-refractivity contribution in [1.82, 2.24) is 14.8 Å². The maximum absolute atomic E-state index is 11.2. The molecule has 1 atom stereocenters. The van der Waals surface area contributed by atoms with E-state index in [9.17, 15) is 4.79 Å². The Morgan fingerprint density at radius 1 is 1.40 bits per heavy atom. The van der Waals surface area contributed by atoms with Gasteiger partial charge in [0.1, 0.15) is 0 Å². The Morgan fingerprint density at radius 3 is 2.70 bits per heavy atom. The van der Waals surface area contributed by atoms with E-state index in [2.05, 4.69) is 10.2 Å². The molecule has 0 aliphatic carbocycles. The third-order valence-electron chi connectivity index (χ3n) is 3.10. The number of amides is 1. The smallest absolute Gasteiger partial charge is 0.230 e. The van der Waals surface area contributed by atoms with Crippen molar-refractivity contribution < 1.29 is 4.79 Å². The molecule has 0 spiro atoms. The van der Waals surface area contributed by atoms with Gasteiger partial charge < -0.3 is 10.3 Å². The topological polar surface area (TPSA) is 73.8 Å². The fraction of sp³-hybridized carbons (Fsp3) is 0.357. The van der Waals surface area contributed by atoms with Crippen LogP contribution in [0.2, 0.25) is 0 Å². The molecule has 0 bridgehead atoms. The number of nitrogens with zero attached hydrogens (tertiary/aromatic N) is 3. The number of benzene rings is 1. The average molecular weight is 290 g/mol. The van der Waals surface area contributed by atoms with Crippen LogP contribution in [0.1, 0.15) is 19.4 Å². The highest BCUT2D eigenvalue weighted by atomic mass is 32.2. The van der Waals surface area contributed by atoms with Crippen molar-refractivity contribution in [3.8, 4) is 11.4 Å². The van der Waals surface area contributed by atoms with Crippen molar-refractivity contribution in [2.24, 2.45) is 5.73 Å². The molecular weight excluding hydrogens is 272 g/mol. The zero-order valence-corrected chi connectivity index (χ0v) is 12.6. The average Bonchev–Trinajstić information content (AvgIpc) is 2.81. The summed E-state index contributed by atoms with van der Waals surface area (Å²) >= 11 is 1.34. The van der Waals surface area contributed by atoms with Gasteiger partial charge in [-0.3, -0.25) is 4.79 Å². The van der Waals surface area contributed by atoms with Crippen LogP contribution in [0.5, 0.6) is 0 Å². The predicted molar refractivity (Wildman–Crippen MR) is 80.4 cm³/mol. The number of aryl methyl sites for hydroxylation is 1. The largest absolute Gasteiger partial charge is 0.369 e. The third kappa shape index (κ3) is 2.85. The van der Waals surface area contributed by atoms with Crippen LogP contribution in [0.4, 0.5) is 0 Å². The third-order valence-corrected chi connectivity index (χ3v) is 4.20. The van der Waals surface area contributed by atoms with Gasteiger partial charge in [-0.15, -0.1) is 10.2 Å². The van der Waals surface area contributed by atoms with Gasteiger partial charge in [0.15, 0.2) is 11.0 Å². The standard InChI is InChI=1S/C14H18N4OS/c1-4-18-13(11-8-6-5-7-9(11)2)16-17-14(18)20-10(3)12(15)19/h5-8,10H,4H2,1-3H3,(H2,15,19)/t10-/m0/s1. The number of rotatable bonds is 5. The van der Waals surface area contributed by atoms with E-state index in [0.717, 1.165) is 28.7 Å². The number of carbonyl (C=O) groups excluding carboxylic acids is 1. The van der Waals surface area contributed by atoms with E-state index in [1.165, 1.54) is 11.8 Å². The molecule has 1 aromatic heterocycles. The zero-order chi connectivity index (χ0) is 14.7. The lowest BCUT2D eigenvalue weighted by Gasteiger charge is -2.10. The summed E-state index contributed by atoms with van der Waals surface area (Å²) in [7, 11) is 0. The second-order valence-corrected chi connectivity index (χ2v) is 5.84. The SMILES string of the molecule is CCn1c(S[C@@H](C)C(N)=O)nnc1-c1ccccc1C. The van der Waals surface area contributed by atoms with Crippen LogP contribution < -0.4 is 5.73 Å². The highest BCUT2D eigenvalue weighted by molar-refractivity contribution is 8.00. The lowest BCUT2D eigenvalue weighted by molar-refractivity contribution is -0.117. The fourth-order valence-corrected chi connectivity index (χ4v) is 2.76. The summed E-state index contributed by atoms with van der Waals surface area (Å²) in [6.07, 6.45) is 0. The van der Waals surface area contributed by atoms with Crippen molar-refractivity contribution in [1.29, 1.82) is 0 Å². The minimum absolute atomic E-state index is 0.325. The second-order valence-electron chi connectivity index (χ2n) is 4.53. The Balaban J connectivity index is 2.40. The molecule has 2 N–H and O–H groups in total. The summed E-state index contributed by atoms with van der Waals surface area (Å²) in [5.74, 6) is 0.475. The molecule has 20 heavy (non-hydrogen) atoms. The minimum atomic E-state index is -0.349. The van der Waals surface area contributed by atoms with Crippen LogP contribution in [-0.4, -0.2) is 25.9 Å². The molecule has 0 aliphatic rings. The summed E-state index contributed by atoms with van der Waals surface area (Å²) < 4.78 is 2.01. The molecule has 2 rings (SSSR count). The summed E-state index contributed by atoms with van der Waals surface area (Å²) in [5, 5.41) is 8.86. The quantitative estimate of drug-likeness (QED) is 0.857. The van der Waals surface area contributed by atoms with Crippen LogP contribution >= 0.6 is 11.8 Å². The molecule has 0 saturated heterocycles. The number of carbonyl (C=O) groups is 1. The second kappa shape index (κ2) is 6.09. The van der Waals surface area contributed by atoms with Crippen LogP contribution in [-0.2, 0) is 11.3 Å². The van der Waals surface area contributed by atoms with E-state index in [1.807, 2.05) is 42.7 Å². The van der Waals surface area contributed by atoms with Gasteiger partial charge in [0.05, 0.1) is 5.25 Å². The van der Waals surface area contributed by atoms with E-state index >= 15 is 0 Å². The lowest BCUT2D eigenvalue weighted by atomic mass is 10.1. The van der Waals surface area contributed by atoms with Crippen molar-refractivity contribution >= 4 is 17.7 Å². The van der Waals surface area contributed by atoms with E-state index in [0.29, 0.717) is 0 Å². The van der Waals surface area contributed by atoms with Gasteiger partial charge in [0, 0.05) is 12.1 Å². The van der Waals surface area contributed by atoms with Gasteiger partial charge in [0.2, 0.25) is 5.91 Å². The number of nitrogens with two attached hydrogens (primary N) is 1. The maximum atomic E-state index is 11.2. The summed E-state index contributed by atoms with van der Waals surface area (Å²) in [6.45, 7) is 6.59. The van der Waals surface area contributed by atoms with Gasteiger partial charge >= 0.3 is 0 Å². The van der Waals surface area contributed by atoms with Gasteiger partial charge in [-0.25, -0.2) is 0 Å². The molecule has 2 aromatic rings.